The molecular weight excluding hydrogens is 453 g/mol. The fourth-order valence-corrected chi connectivity index (χ4v) is 3.43. The number of esters is 1. The Morgan fingerprint density at radius 3 is 2.76 bits per heavy atom. The van der Waals surface area contributed by atoms with E-state index < -0.39 is 18.5 Å². The summed E-state index contributed by atoms with van der Waals surface area (Å²) in [4.78, 5) is 24.0. The van der Waals surface area contributed by atoms with Gasteiger partial charge in [-0.3, -0.25) is 4.79 Å². The summed E-state index contributed by atoms with van der Waals surface area (Å²) in [6.45, 7) is 1.71. The molecule has 1 aliphatic heterocycles. The Morgan fingerprint density at radius 1 is 1.21 bits per heavy atom. The lowest BCUT2D eigenvalue weighted by atomic mass is 10.2. The molecule has 0 atom stereocenters. The van der Waals surface area contributed by atoms with Gasteiger partial charge >= 0.3 is 5.97 Å². The van der Waals surface area contributed by atoms with Gasteiger partial charge in [0.25, 0.3) is 5.91 Å². The molecule has 1 amide bonds. The van der Waals surface area contributed by atoms with Gasteiger partial charge in [0.1, 0.15) is 11.0 Å². The Bertz CT molecular complexity index is 1220. The van der Waals surface area contributed by atoms with E-state index in [0.29, 0.717) is 28.4 Å². The molecule has 0 aliphatic carbocycles. The van der Waals surface area contributed by atoms with Crippen LogP contribution in [0.1, 0.15) is 16.8 Å². The number of benzene rings is 2. The zero-order valence-corrected chi connectivity index (χ0v) is 18.3. The number of carbonyl (C=O) groups is 2. The molecule has 0 saturated heterocycles. The number of hydrogen-bond donors (Lipinski definition) is 1. The highest BCUT2D eigenvalue weighted by molar-refractivity contribution is 6.31. The summed E-state index contributed by atoms with van der Waals surface area (Å²) in [5, 5.41) is 7.23. The van der Waals surface area contributed by atoms with Crippen molar-refractivity contribution in [1.29, 1.82) is 0 Å². The predicted octanol–water partition coefficient (Wildman–Crippen LogP) is 3.57. The van der Waals surface area contributed by atoms with E-state index >= 15 is 0 Å². The molecule has 0 saturated carbocycles. The van der Waals surface area contributed by atoms with Crippen LogP contribution >= 0.6 is 11.6 Å². The molecule has 10 heteroatoms. The summed E-state index contributed by atoms with van der Waals surface area (Å²) in [5.41, 5.74) is 2.47. The maximum atomic E-state index is 13.1. The summed E-state index contributed by atoms with van der Waals surface area (Å²) >= 11 is 6.37. The Labute approximate surface area is 193 Å². The molecule has 0 bridgehead atoms. The van der Waals surface area contributed by atoms with Gasteiger partial charge in [0.2, 0.25) is 6.79 Å². The summed E-state index contributed by atoms with van der Waals surface area (Å²) in [6.07, 6.45) is 2.62. The summed E-state index contributed by atoms with van der Waals surface area (Å²) in [7, 11) is 0. The van der Waals surface area contributed by atoms with Gasteiger partial charge in [0.15, 0.2) is 18.1 Å². The lowest BCUT2D eigenvalue weighted by molar-refractivity contribution is -0.143. The Balaban J connectivity index is 1.29. The van der Waals surface area contributed by atoms with E-state index in [1.807, 2.05) is 0 Å². The minimum Gasteiger partial charge on any atom is -0.454 e. The van der Waals surface area contributed by atoms with Crippen molar-refractivity contribution < 1.29 is 28.2 Å². The van der Waals surface area contributed by atoms with Crippen LogP contribution in [0.5, 0.6) is 11.5 Å². The second-order valence-electron chi connectivity index (χ2n) is 7.08. The Kier molecular flexibility index (Phi) is 6.60. The first kappa shape index (κ1) is 22.3. The average molecular weight is 472 g/mol. The van der Waals surface area contributed by atoms with Crippen molar-refractivity contribution in [3.05, 3.63) is 76.3 Å². The van der Waals surface area contributed by atoms with Crippen LogP contribution in [0.25, 0.3) is 11.8 Å². The van der Waals surface area contributed by atoms with E-state index in [-0.39, 0.29) is 24.3 Å². The number of rotatable bonds is 7. The topological polar surface area (TPSA) is 91.7 Å². The minimum atomic E-state index is -0.710. The number of fused-ring (bicyclic) bond motifs is 1. The maximum absolute atomic E-state index is 13.1. The first-order valence-corrected chi connectivity index (χ1v) is 10.3. The number of amides is 1. The van der Waals surface area contributed by atoms with Crippen LogP contribution in [0.4, 0.5) is 4.39 Å². The second-order valence-corrected chi connectivity index (χ2v) is 7.44. The largest absolute Gasteiger partial charge is 0.454 e. The zero-order valence-electron chi connectivity index (χ0n) is 17.5. The van der Waals surface area contributed by atoms with E-state index in [1.54, 1.807) is 25.1 Å². The molecule has 2 heterocycles. The number of carbonyl (C=O) groups excluding carboxylic acids is 2. The van der Waals surface area contributed by atoms with Crippen molar-refractivity contribution in [3.63, 3.8) is 0 Å². The van der Waals surface area contributed by atoms with Crippen LogP contribution < -0.4 is 14.8 Å². The standard InChI is InChI=1S/C23H19ClFN3O5/c1-14-18(23(24)28(27-14)17-5-3-16(25)4-6-17)7-9-22(30)31-12-21(29)26-11-15-2-8-19-20(10-15)33-13-32-19/h2-10H,11-13H2,1H3,(H,26,29)/b9-7+. The molecule has 170 valence electrons. The van der Waals surface area contributed by atoms with Gasteiger partial charge in [-0.25, -0.2) is 13.9 Å². The van der Waals surface area contributed by atoms with Crippen molar-refractivity contribution in [3.8, 4) is 17.2 Å². The SMILES string of the molecule is Cc1nn(-c2ccc(F)cc2)c(Cl)c1/C=C/C(=O)OCC(=O)NCc1ccc2c(c1)OCO2. The third-order valence-corrected chi connectivity index (χ3v) is 5.14. The fourth-order valence-electron chi connectivity index (χ4n) is 3.09. The molecule has 1 aliphatic rings. The number of hydrogen-bond acceptors (Lipinski definition) is 6. The number of nitrogens with one attached hydrogen (secondary N) is 1. The first-order chi connectivity index (χ1) is 15.9. The highest BCUT2D eigenvalue weighted by Gasteiger charge is 2.15. The third kappa shape index (κ3) is 5.32. The van der Waals surface area contributed by atoms with E-state index in [9.17, 15) is 14.0 Å². The molecule has 33 heavy (non-hydrogen) atoms. The average Bonchev–Trinajstić information content (AvgIpc) is 3.39. The second kappa shape index (κ2) is 9.74. The molecule has 0 unspecified atom stereocenters. The number of halogens is 2. The molecular formula is C23H19ClFN3O5. The van der Waals surface area contributed by atoms with Gasteiger partial charge in [-0.05, 0) is 55.0 Å². The van der Waals surface area contributed by atoms with E-state index in [2.05, 4.69) is 10.4 Å². The van der Waals surface area contributed by atoms with Gasteiger partial charge in [0, 0.05) is 18.2 Å². The van der Waals surface area contributed by atoms with Crippen LogP contribution in [0.2, 0.25) is 5.15 Å². The molecule has 1 aromatic heterocycles. The van der Waals surface area contributed by atoms with Gasteiger partial charge in [-0.2, -0.15) is 5.10 Å². The van der Waals surface area contributed by atoms with E-state index in [4.69, 9.17) is 25.8 Å². The van der Waals surface area contributed by atoms with Gasteiger partial charge < -0.3 is 19.5 Å². The molecule has 0 radical (unpaired) electrons. The lowest BCUT2D eigenvalue weighted by Gasteiger charge is -2.06. The monoisotopic (exact) mass is 471 g/mol. The molecule has 4 rings (SSSR count). The number of nitrogens with zero attached hydrogens (tertiary/aromatic N) is 2. The van der Waals surface area contributed by atoms with E-state index in [1.165, 1.54) is 35.0 Å². The Morgan fingerprint density at radius 2 is 1.97 bits per heavy atom. The van der Waals surface area contributed by atoms with Crippen molar-refractivity contribution in [1.82, 2.24) is 15.1 Å². The van der Waals surface area contributed by atoms with Crippen LogP contribution in [-0.2, 0) is 20.9 Å². The molecule has 8 nitrogen and oxygen atoms in total. The van der Waals surface area contributed by atoms with Gasteiger partial charge in [0.05, 0.1) is 11.4 Å². The minimum absolute atomic E-state index is 0.173. The lowest BCUT2D eigenvalue weighted by Crippen LogP contribution is -2.28. The van der Waals surface area contributed by atoms with Crippen LogP contribution in [0, 0.1) is 12.7 Å². The number of ether oxygens (including phenoxy) is 3. The maximum Gasteiger partial charge on any atom is 0.331 e. The van der Waals surface area contributed by atoms with Crippen LogP contribution in [-0.4, -0.2) is 35.1 Å². The number of aryl methyl sites for hydroxylation is 1. The quantitative estimate of drug-likeness (QED) is 0.418. The highest BCUT2D eigenvalue weighted by Crippen LogP contribution is 2.32. The van der Waals surface area contributed by atoms with Crippen LogP contribution in [0.15, 0.2) is 48.5 Å². The molecule has 0 spiro atoms. The van der Waals surface area contributed by atoms with Crippen molar-refractivity contribution >= 4 is 29.6 Å². The third-order valence-electron chi connectivity index (χ3n) is 4.78. The fraction of sp³-hybridized carbons (Fsp3) is 0.174. The molecule has 3 aromatic rings. The Hall–Kier alpha value is -3.85. The van der Waals surface area contributed by atoms with Gasteiger partial charge in [-0.1, -0.05) is 17.7 Å². The molecule has 1 N–H and O–H groups in total. The summed E-state index contributed by atoms with van der Waals surface area (Å²) < 4.78 is 30.1. The normalized spacial score (nSPS) is 12.2. The highest BCUT2D eigenvalue weighted by atomic mass is 35.5. The zero-order chi connectivity index (χ0) is 23.4. The van der Waals surface area contributed by atoms with Crippen molar-refractivity contribution in [2.24, 2.45) is 0 Å². The van der Waals surface area contributed by atoms with Gasteiger partial charge in [-0.15, -0.1) is 0 Å². The molecule has 0 fully saturated rings. The van der Waals surface area contributed by atoms with Crippen molar-refractivity contribution in [2.45, 2.75) is 13.5 Å². The van der Waals surface area contributed by atoms with Crippen molar-refractivity contribution in [2.75, 3.05) is 13.4 Å². The van der Waals surface area contributed by atoms with E-state index in [0.717, 1.165) is 11.6 Å². The molecule has 2 aromatic carbocycles. The summed E-state index contributed by atoms with van der Waals surface area (Å²) in [6, 6.07) is 11.0. The number of aromatic nitrogens is 2. The smallest absolute Gasteiger partial charge is 0.331 e. The summed E-state index contributed by atoms with van der Waals surface area (Å²) in [5.74, 6) is -0.258. The predicted molar refractivity (Wildman–Crippen MR) is 118 cm³/mol. The van der Waals surface area contributed by atoms with Crippen LogP contribution in [0.3, 0.4) is 0 Å². The first-order valence-electron chi connectivity index (χ1n) is 9.92.